The maximum absolute atomic E-state index is 12.5. The lowest BCUT2D eigenvalue weighted by Crippen LogP contribution is -2.14. The number of carbonyl (C=O) groups is 2. The molecule has 0 spiro atoms. The molecule has 1 amide bonds. The van der Waals surface area contributed by atoms with Crippen molar-refractivity contribution in [2.75, 3.05) is 12.4 Å². The molecule has 0 unspecified atom stereocenters. The van der Waals surface area contributed by atoms with E-state index in [1.54, 1.807) is 55.5 Å². The maximum Gasteiger partial charge on any atom is 0.317 e. The van der Waals surface area contributed by atoms with E-state index in [1.807, 2.05) is 17.5 Å². The lowest BCUT2D eigenvalue weighted by molar-refractivity contribution is -0.133. The van der Waals surface area contributed by atoms with Crippen molar-refractivity contribution >= 4 is 28.9 Å². The van der Waals surface area contributed by atoms with Crippen molar-refractivity contribution in [1.29, 1.82) is 0 Å². The highest BCUT2D eigenvalue weighted by Crippen LogP contribution is 2.26. The van der Waals surface area contributed by atoms with Crippen LogP contribution in [0.1, 0.15) is 21.8 Å². The Morgan fingerprint density at radius 1 is 1.06 bits per heavy atom. The Balaban J connectivity index is 1.36. The molecule has 4 aromatic rings. The zero-order valence-electron chi connectivity index (χ0n) is 17.5. The van der Waals surface area contributed by atoms with E-state index in [-0.39, 0.29) is 12.3 Å². The fourth-order valence-corrected chi connectivity index (χ4v) is 3.69. The zero-order chi connectivity index (χ0) is 22.5. The number of amides is 1. The fraction of sp³-hybridized carbons (Fsp3) is 0.125. The number of nitrogens with zero attached hydrogens (tertiary/aromatic N) is 1. The Labute approximate surface area is 188 Å². The van der Waals surface area contributed by atoms with Crippen LogP contribution in [0.15, 0.2) is 70.5 Å². The number of nitrogens with one attached hydrogen (secondary N) is 1. The Morgan fingerprint density at radius 2 is 1.84 bits per heavy atom. The maximum atomic E-state index is 12.5. The number of hydrogen-bond acceptors (Lipinski definition) is 7. The van der Waals surface area contributed by atoms with Crippen LogP contribution in [-0.4, -0.2) is 24.0 Å². The highest BCUT2D eigenvalue weighted by molar-refractivity contribution is 7.13. The van der Waals surface area contributed by atoms with Gasteiger partial charge in [-0.15, -0.1) is 11.3 Å². The molecule has 2 heterocycles. The predicted molar refractivity (Wildman–Crippen MR) is 121 cm³/mol. The number of esters is 1. The number of para-hydroxylation sites is 1. The van der Waals surface area contributed by atoms with Gasteiger partial charge < -0.3 is 19.2 Å². The number of aromatic nitrogens is 1. The molecular weight excluding hydrogens is 428 g/mol. The number of aryl methyl sites for hydroxylation is 1. The largest absolute Gasteiger partial charge is 0.496 e. The van der Waals surface area contributed by atoms with Crippen LogP contribution in [0.3, 0.4) is 0 Å². The fourth-order valence-electron chi connectivity index (χ4n) is 3.04. The Morgan fingerprint density at radius 3 is 2.56 bits per heavy atom. The number of rotatable bonds is 7. The van der Waals surface area contributed by atoms with Gasteiger partial charge in [0.1, 0.15) is 17.3 Å². The van der Waals surface area contributed by atoms with Gasteiger partial charge in [0.25, 0.3) is 5.91 Å². The molecule has 2 aromatic carbocycles. The molecule has 0 aliphatic rings. The highest BCUT2D eigenvalue weighted by atomic mass is 32.1. The first-order valence-corrected chi connectivity index (χ1v) is 10.7. The van der Waals surface area contributed by atoms with E-state index in [4.69, 9.17) is 13.9 Å². The average Bonchev–Trinajstić information content (AvgIpc) is 3.45. The summed E-state index contributed by atoms with van der Waals surface area (Å²) < 4.78 is 16.3. The van der Waals surface area contributed by atoms with Gasteiger partial charge in [-0.25, -0.2) is 4.98 Å². The highest BCUT2D eigenvalue weighted by Gasteiger charge is 2.17. The molecule has 0 fully saturated rings. The number of ether oxygens (including phenoxy) is 2. The van der Waals surface area contributed by atoms with E-state index in [2.05, 4.69) is 10.3 Å². The lowest BCUT2D eigenvalue weighted by atomic mass is 10.2. The van der Waals surface area contributed by atoms with Gasteiger partial charge in [0.15, 0.2) is 0 Å². The molecule has 0 atom stereocenters. The quantitative estimate of drug-likeness (QED) is 0.312. The minimum Gasteiger partial charge on any atom is -0.496 e. The van der Waals surface area contributed by atoms with Gasteiger partial charge in [-0.05, 0) is 54.8 Å². The number of carbonyl (C=O) groups excluding carboxylic acids is 2. The van der Waals surface area contributed by atoms with E-state index in [1.165, 1.54) is 18.4 Å². The number of oxazole rings is 1. The lowest BCUT2D eigenvalue weighted by Gasteiger charge is -2.10. The third-order valence-electron chi connectivity index (χ3n) is 4.63. The summed E-state index contributed by atoms with van der Waals surface area (Å²) in [5, 5.41) is 4.73. The smallest absolute Gasteiger partial charge is 0.317 e. The molecule has 0 aliphatic heterocycles. The summed E-state index contributed by atoms with van der Waals surface area (Å²) in [4.78, 5) is 30.2. The van der Waals surface area contributed by atoms with Crippen molar-refractivity contribution < 1.29 is 23.5 Å². The van der Waals surface area contributed by atoms with Crippen molar-refractivity contribution in [2.24, 2.45) is 0 Å². The molecule has 8 heteroatoms. The summed E-state index contributed by atoms with van der Waals surface area (Å²) in [6, 6.07) is 17.3. The third-order valence-corrected chi connectivity index (χ3v) is 5.49. The molecule has 0 saturated carbocycles. The van der Waals surface area contributed by atoms with Crippen LogP contribution < -0.4 is 14.8 Å². The number of methoxy groups -OCH3 is 1. The topological polar surface area (TPSA) is 90.7 Å². The molecule has 0 aliphatic carbocycles. The Kier molecular flexibility index (Phi) is 6.32. The molecule has 32 heavy (non-hydrogen) atoms. The third kappa shape index (κ3) is 4.87. The summed E-state index contributed by atoms with van der Waals surface area (Å²) in [6.45, 7) is 1.77. The number of benzene rings is 2. The zero-order valence-corrected chi connectivity index (χ0v) is 18.3. The minimum absolute atomic E-state index is 0.00695. The summed E-state index contributed by atoms with van der Waals surface area (Å²) in [5.41, 5.74) is 1.53. The van der Waals surface area contributed by atoms with Gasteiger partial charge in [0.2, 0.25) is 5.89 Å². The molecule has 4 rings (SSSR count). The SMILES string of the molecule is COc1ccccc1C(=O)Nc1ccc(OC(=O)Cc2nc(-c3cccs3)oc2C)cc1. The van der Waals surface area contributed by atoms with Crippen LogP contribution >= 0.6 is 11.3 Å². The standard InChI is InChI=1S/C24H20N2O5S/c1-15-19(26-24(30-15)21-8-5-13-32-21)14-22(27)31-17-11-9-16(10-12-17)25-23(28)18-6-3-4-7-20(18)29-2/h3-13H,14H2,1-2H3,(H,25,28). The molecule has 0 radical (unpaired) electrons. The van der Waals surface area contributed by atoms with Crippen molar-refractivity contribution in [3.63, 3.8) is 0 Å². The second-order valence-corrected chi connectivity index (χ2v) is 7.78. The Bertz CT molecular complexity index is 1230. The van der Waals surface area contributed by atoms with Gasteiger partial charge in [0, 0.05) is 5.69 Å². The van der Waals surface area contributed by atoms with Crippen molar-refractivity contribution in [2.45, 2.75) is 13.3 Å². The Hall–Kier alpha value is -3.91. The van der Waals surface area contributed by atoms with Gasteiger partial charge in [-0.3, -0.25) is 9.59 Å². The average molecular weight is 449 g/mol. The number of thiophene rings is 1. The molecular formula is C24H20N2O5S. The van der Waals surface area contributed by atoms with Gasteiger partial charge in [-0.2, -0.15) is 0 Å². The van der Waals surface area contributed by atoms with Crippen molar-refractivity contribution in [3.8, 4) is 22.3 Å². The van der Waals surface area contributed by atoms with E-state index in [0.29, 0.717) is 40.1 Å². The first kappa shape index (κ1) is 21.3. The molecule has 0 saturated heterocycles. The molecule has 2 aromatic heterocycles. The van der Waals surface area contributed by atoms with Gasteiger partial charge in [0.05, 0.1) is 29.7 Å². The predicted octanol–water partition coefficient (Wildman–Crippen LogP) is 5.12. The van der Waals surface area contributed by atoms with Crippen LogP contribution in [0, 0.1) is 6.92 Å². The summed E-state index contributed by atoms with van der Waals surface area (Å²) in [6.07, 6.45) is -0.00695. The first-order valence-electron chi connectivity index (χ1n) is 9.79. The minimum atomic E-state index is -0.454. The number of anilines is 1. The summed E-state index contributed by atoms with van der Waals surface area (Å²) in [7, 11) is 1.51. The molecule has 1 N–H and O–H groups in total. The molecule has 0 bridgehead atoms. The van der Waals surface area contributed by atoms with Gasteiger partial charge in [-0.1, -0.05) is 18.2 Å². The first-order chi connectivity index (χ1) is 15.5. The molecule has 162 valence electrons. The second kappa shape index (κ2) is 9.49. The number of hydrogen-bond donors (Lipinski definition) is 1. The van der Waals surface area contributed by atoms with Crippen LogP contribution in [0.25, 0.3) is 10.8 Å². The summed E-state index contributed by atoms with van der Waals surface area (Å²) >= 11 is 1.52. The van der Waals surface area contributed by atoms with Crippen LogP contribution in [0.2, 0.25) is 0 Å². The van der Waals surface area contributed by atoms with Crippen LogP contribution in [0.5, 0.6) is 11.5 Å². The molecule has 7 nitrogen and oxygen atoms in total. The van der Waals surface area contributed by atoms with Crippen LogP contribution in [0.4, 0.5) is 5.69 Å². The monoisotopic (exact) mass is 448 g/mol. The van der Waals surface area contributed by atoms with Gasteiger partial charge >= 0.3 is 5.97 Å². The summed E-state index contributed by atoms with van der Waals surface area (Å²) in [5.74, 6) is 1.18. The van der Waals surface area contributed by atoms with E-state index >= 15 is 0 Å². The second-order valence-electron chi connectivity index (χ2n) is 6.83. The van der Waals surface area contributed by atoms with E-state index < -0.39 is 5.97 Å². The normalized spacial score (nSPS) is 10.6. The van der Waals surface area contributed by atoms with E-state index in [0.717, 1.165) is 4.88 Å². The van der Waals surface area contributed by atoms with Crippen LogP contribution in [-0.2, 0) is 11.2 Å². The van der Waals surface area contributed by atoms with E-state index in [9.17, 15) is 9.59 Å². The van der Waals surface area contributed by atoms with Crippen molar-refractivity contribution in [1.82, 2.24) is 4.98 Å². The van der Waals surface area contributed by atoms with Crippen molar-refractivity contribution in [3.05, 3.63) is 83.1 Å².